The molecule has 0 unspecified atom stereocenters. The zero-order valence-electron chi connectivity index (χ0n) is 12.7. The van der Waals surface area contributed by atoms with E-state index in [0.29, 0.717) is 5.69 Å². The van der Waals surface area contributed by atoms with Crippen LogP contribution >= 0.6 is 11.6 Å². The van der Waals surface area contributed by atoms with Crippen molar-refractivity contribution in [1.29, 1.82) is 0 Å². The number of nitrogens with zero attached hydrogens (tertiary/aromatic N) is 1. The molecule has 2 aromatic rings. The summed E-state index contributed by atoms with van der Waals surface area (Å²) in [4.78, 5) is 33.4. The van der Waals surface area contributed by atoms with E-state index in [1.165, 1.54) is 36.4 Å². The van der Waals surface area contributed by atoms with Crippen molar-refractivity contribution in [2.45, 2.75) is 6.42 Å². The van der Waals surface area contributed by atoms with Gasteiger partial charge in [-0.15, -0.1) is 0 Å². The van der Waals surface area contributed by atoms with Crippen molar-refractivity contribution in [2.24, 2.45) is 0 Å². The number of hydrogen-bond acceptors (Lipinski definition) is 5. The van der Waals surface area contributed by atoms with Crippen molar-refractivity contribution < 1.29 is 23.6 Å². The van der Waals surface area contributed by atoms with Gasteiger partial charge in [-0.2, -0.15) is 0 Å². The maximum Gasteiger partial charge on any atom is 0.310 e. The van der Waals surface area contributed by atoms with Crippen LogP contribution in [-0.4, -0.2) is 23.4 Å². The number of rotatable bonds is 6. The van der Waals surface area contributed by atoms with Crippen LogP contribution in [0.1, 0.15) is 5.56 Å². The molecule has 0 spiro atoms. The first kappa shape index (κ1) is 18.3. The van der Waals surface area contributed by atoms with Crippen molar-refractivity contribution in [2.75, 3.05) is 11.9 Å². The molecule has 0 fully saturated rings. The summed E-state index contributed by atoms with van der Waals surface area (Å²) in [5, 5.41) is 13.0. The standard InChI is InChI=1S/C16H12ClFN2O5/c17-13-2-1-3-14(18)12(13)8-16(22)25-9-15(21)19-10-4-6-11(7-5-10)20(23)24/h1-7H,8-9H2,(H,19,21). The van der Waals surface area contributed by atoms with Gasteiger partial charge in [0.25, 0.3) is 11.6 Å². The largest absolute Gasteiger partial charge is 0.455 e. The Bertz CT molecular complexity index is 790. The SMILES string of the molecule is O=C(COC(=O)Cc1c(F)cccc1Cl)Nc1ccc([N+](=O)[O-])cc1. The summed E-state index contributed by atoms with van der Waals surface area (Å²) in [5.41, 5.74) is 0.180. The van der Waals surface area contributed by atoms with Gasteiger partial charge in [0.1, 0.15) is 5.82 Å². The number of esters is 1. The number of carbonyl (C=O) groups excluding carboxylic acids is 2. The van der Waals surface area contributed by atoms with E-state index >= 15 is 0 Å². The molecule has 0 saturated carbocycles. The van der Waals surface area contributed by atoms with Crippen LogP contribution in [0, 0.1) is 15.9 Å². The Balaban J connectivity index is 1.85. The molecule has 0 radical (unpaired) electrons. The molecule has 0 aromatic heterocycles. The van der Waals surface area contributed by atoms with Gasteiger partial charge >= 0.3 is 5.97 Å². The van der Waals surface area contributed by atoms with Crippen molar-refractivity contribution in [3.63, 3.8) is 0 Å². The number of nitrogens with one attached hydrogen (secondary N) is 1. The first-order valence-corrected chi connectivity index (χ1v) is 7.37. The van der Waals surface area contributed by atoms with Gasteiger partial charge < -0.3 is 10.1 Å². The minimum absolute atomic E-state index is 0.00931. The lowest BCUT2D eigenvalue weighted by Crippen LogP contribution is -2.21. The van der Waals surface area contributed by atoms with Gasteiger partial charge in [0.05, 0.1) is 11.3 Å². The average Bonchev–Trinajstić information content (AvgIpc) is 2.57. The Labute approximate surface area is 146 Å². The minimum atomic E-state index is -0.814. The Hall–Kier alpha value is -3.00. The Morgan fingerprint density at radius 1 is 1.20 bits per heavy atom. The molecule has 130 valence electrons. The molecule has 2 rings (SSSR count). The van der Waals surface area contributed by atoms with Crippen LogP contribution in [0.2, 0.25) is 5.02 Å². The second kappa shape index (κ2) is 8.20. The van der Waals surface area contributed by atoms with Gasteiger partial charge in [0, 0.05) is 28.4 Å². The van der Waals surface area contributed by atoms with E-state index in [1.807, 2.05) is 0 Å². The van der Waals surface area contributed by atoms with E-state index in [-0.39, 0.29) is 16.3 Å². The highest BCUT2D eigenvalue weighted by Gasteiger charge is 2.14. The van der Waals surface area contributed by atoms with Crippen LogP contribution in [0.4, 0.5) is 15.8 Å². The van der Waals surface area contributed by atoms with Crippen molar-refractivity contribution in [3.05, 3.63) is 69.0 Å². The average molecular weight is 367 g/mol. The molecule has 0 heterocycles. The molecule has 7 nitrogen and oxygen atoms in total. The summed E-state index contributed by atoms with van der Waals surface area (Å²) in [7, 11) is 0. The number of non-ortho nitro benzene ring substituents is 1. The molecular weight excluding hydrogens is 355 g/mol. The molecule has 1 N–H and O–H groups in total. The maximum absolute atomic E-state index is 13.6. The zero-order chi connectivity index (χ0) is 18.4. The lowest BCUT2D eigenvalue weighted by molar-refractivity contribution is -0.384. The van der Waals surface area contributed by atoms with Gasteiger partial charge in [0.2, 0.25) is 0 Å². The van der Waals surface area contributed by atoms with Crippen LogP contribution in [0.25, 0.3) is 0 Å². The molecule has 25 heavy (non-hydrogen) atoms. The fourth-order valence-electron chi connectivity index (χ4n) is 1.91. The highest BCUT2D eigenvalue weighted by molar-refractivity contribution is 6.31. The summed E-state index contributed by atoms with van der Waals surface area (Å²) in [6.45, 7) is -0.581. The van der Waals surface area contributed by atoms with Crippen LogP contribution in [0.5, 0.6) is 0 Å². The number of anilines is 1. The Morgan fingerprint density at radius 3 is 2.48 bits per heavy atom. The molecule has 0 aliphatic heterocycles. The molecule has 0 saturated heterocycles. The van der Waals surface area contributed by atoms with Gasteiger partial charge in [-0.3, -0.25) is 19.7 Å². The monoisotopic (exact) mass is 366 g/mol. The molecule has 1 amide bonds. The number of nitro benzene ring substituents is 1. The van der Waals surface area contributed by atoms with E-state index in [1.54, 1.807) is 0 Å². The van der Waals surface area contributed by atoms with E-state index < -0.39 is 35.6 Å². The summed E-state index contributed by atoms with van der Waals surface area (Å²) in [6, 6.07) is 9.14. The fourth-order valence-corrected chi connectivity index (χ4v) is 2.14. The van der Waals surface area contributed by atoms with E-state index in [2.05, 4.69) is 5.32 Å². The smallest absolute Gasteiger partial charge is 0.310 e. The van der Waals surface area contributed by atoms with E-state index in [9.17, 15) is 24.1 Å². The summed E-state index contributed by atoms with van der Waals surface area (Å²) in [5.74, 6) is -2.09. The number of nitro groups is 1. The Morgan fingerprint density at radius 2 is 1.88 bits per heavy atom. The maximum atomic E-state index is 13.6. The first-order chi connectivity index (χ1) is 11.9. The second-order valence-corrected chi connectivity index (χ2v) is 5.30. The second-order valence-electron chi connectivity index (χ2n) is 4.89. The van der Waals surface area contributed by atoms with Crippen LogP contribution in [0.15, 0.2) is 42.5 Å². The first-order valence-electron chi connectivity index (χ1n) is 6.99. The molecule has 9 heteroatoms. The molecule has 0 aliphatic rings. The van der Waals surface area contributed by atoms with E-state index in [4.69, 9.17) is 16.3 Å². The third-order valence-corrected chi connectivity index (χ3v) is 3.46. The summed E-state index contributed by atoms with van der Waals surface area (Å²) >= 11 is 5.80. The Kier molecular flexibility index (Phi) is 6.02. The predicted octanol–water partition coefficient (Wildman–Crippen LogP) is 3.11. The lowest BCUT2D eigenvalue weighted by atomic mass is 10.1. The number of amides is 1. The van der Waals surface area contributed by atoms with Gasteiger partial charge in [-0.25, -0.2) is 4.39 Å². The van der Waals surface area contributed by atoms with Crippen LogP contribution in [-0.2, 0) is 20.7 Å². The van der Waals surface area contributed by atoms with Crippen LogP contribution < -0.4 is 5.32 Å². The zero-order valence-corrected chi connectivity index (χ0v) is 13.5. The summed E-state index contributed by atoms with van der Waals surface area (Å²) < 4.78 is 18.3. The van der Waals surface area contributed by atoms with Gasteiger partial charge in [0.15, 0.2) is 6.61 Å². The predicted molar refractivity (Wildman–Crippen MR) is 87.8 cm³/mol. The van der Waals surface area contributed by atoms with Gasteiger partial charge in [-0.05, 0) is 24.3 Å². The highest BCUT2D eigenvalue weighted by Crippen LogP contribution is 2.20. The molecule has 2 aromatic carbocycles. The third-order valence-electron chi connectivity index (χ3n) is 3.11. The number of carbonyl (C=O) groups is 2. The number of benzene rings is 2. The normalized spacial score (nSPS) is 10.2. The third kappa shape index (κ3) is 5.25. The molecule has 0 atom stereocenters. The number of hydrogen-bond donors (Lipinski definition) is 1. The van der Waals surface area contributed by atoms with Gasteiger partial charge in [-0.1, -0.05) is 17.7 Å². The molecule has 0 bridgehead atoms. The number of halogens is 2. The number of ether oxygens (including phenoxy) is 1. The summed E-state index contributed by atoms with van der Waals surface area (Å²) in [6.07, 6.45) is -0.406. The topological polar surface area (TPSA) is 98.5 Å². The van der Waals surface area contributed by atoms with E-state index in [0.717, 1.165) is 6.07 Å². The molecular formula is C16H12ClFN2O5. The van der Waals surface area contributed by atoms with Crippen molar-refractivity contribution in [1.82, 2.24) is 0 Å². The quantitative estimate of drug-likeness (QED) is 0.481. The fraction of sp³-hybridized carbons (Fsp3) is 0.125. The lowest BCUT2D eigenvalue weighted by Gasteiger charge is -2.08. The van der Waals surface area contributed by atoms with Crippen molar-refractivity contribution in [3.8, 4) is 0 Å². The molecule has 0 aliphatic carbocycles. The van der Waals surface area contributed by atoms with Crippen molar-refractivity contribution >= 4 is 34.9 Å². The minimum Gasteiger partial charge on any atom is -0.455 e. The highest BCUT2D eigenvalue weighted by atomic mass is 35.5. The van der Waals surface area contributed by atoms with Crippen LogP contribution in [0.3, 0.4) is 0 Å².